The van der Waals surface area contributed by atoms with E-state index in [0.29, 0.717) is 6.42 Å². The Labute approximate surface area is 138 Å². The van der Waals surface area contributed by atoms with Crippen molar-refractivity contribution in [1.82, 2.24) is 10.6 Å². The minimum Gasteiger partial charge on any atom is -0.390 e. The molecule has 126 valence electrons. The fourth-order valence-electron chi connectivity index (χ4n) is 3.06. The molecule has 0 bridgehead atoms. The molecule has 1 aliphatic rings. The second kappa shape index (κ2) is 6.57. The zero-order valence-corrected chi connectivity index (χ0v) is 13.1. The molecular formula is C18H18F2N2O2. The Kier molecular flexibility index (Phi) is 4.49. The van der Waals surface area contributed by atoms with Crippen LogP contribution in [0, 0.1) is 11.6 Å². The quantitative estimate of drug-likeness (QED) is 0.809. The first-order valence-corrected chi connectivity index (χ1v) is 7.74. The topological polar surface area (TPSA) is 61.4 Å². The molecule has 0 heterocycles. The van der Waals surface area contributed by atoms with Gasteiger partial charge in [0.2, 0.25) is 0 Å². The predicted octanol–water partition coefficient (Wildman–Crippen LogP) is 2.98. The van der Waals surface area contributed by atoms with E-state index < -0.39 is 35.9 Å². The van der Waals surface area contributed by atoms with Crippen molar-refractivity contribution in [1.29, 1.82) is 0 Å². The molecule has 3 N–H and O–H groups in total. The van der Waals surface area contributed by atoms with E-state index in [2.05, 4.69) is 10.6 Å². The van der Waals surface area contributed by atoms with Crippen molar-refractivity contribution in [2.24, 2.45) is 0 Å². The molecule has 2 aromatic rings. The van der Waals surface area contributed by atoms with Gasteiger partial charge in [-0.1, -0.05) is 36.4 Å². The lowest BCUT2D eigenvalue weighted by Gasteiger charge is -2.21. The van der Waals surface area contributed by atoms with E-state index in [1.807, 2.05) is 24.3 Å². The lowest BCUT2D eigenvalue weighted by Crippen LogP contribution is -2.42. The van der Waals surface area contributed by atoms with E-state index >= 15 is 0 Å². The van der Waals surface area contributed by atoms with Crippen molar-refractivity contribution < 1.29 is 18.7 Å². The van der Waals surface area contributed by atoms with E-state index in [0.717, 1.165) is 17.2 Å². The van der Waals surface area contributed by atoms with Crippen LogP contribution in [0.5, 0.6) is 0 Å². The third-order valence-corrected chi connectivity index (χ3v) is 4.29. The highest BCUT2D eigenvalue weighted by Gasteiger charge is 2.32. The van der Waals surface area contributed by atoms with Gasteiger partial charge in [-0.3, -0.25) is 0 Å². The average molecular weight is 332 g/mol. The fraction of sp³-hybridized carbons (Fsp3) is 0.278. The maximum absolute atomic E-state index is 13.8. The van der Waals surface area contributed by atoms with Crippen LogP contribution in [0.2, 0.25) is 0 Å². The van der Waals surface area contributed by atoms with Gasteiger partial charge in [0.1, 0.15) is 0 Å². The van der Waals surface area contributed by atoms with Crippen LogP contribution in [0.1, 0.15) is 35.7 Å². The first-order chi connectivity index (χ1) is 11.5. The zero-order chi connectivity index (χ0) is 17.3. The number of hydrogen-bond acceptors (Lipinski definition) is 2. The zero-order valence-electron chi connectivity index (χ0n) is 13.1. The number of urea groups is 1. The number of aliphatic hydroxyl groups is 1. The van der Waals surface area contributed by atoms with E-state index in [4.69, 9.17) is 0 Å². The number of benzene rings is 2. The molecule has 0 aromatic heterocycles. The number of halogens is 2. The summed E-state index contributed by atoms with van der Waals surface area (Å²) in [5.74, 6) is -1.93. The fourth-order valence-corrected chi connectivity index (χ4v) is 3.06. The van der Waals surface area contributed by atoms with Gasteiger partial charge >= 0.3 is 6.03 Å². The molecule has 0 spiro atoms. The Balaban J connectivity index is 1.69. The molecule has 0 radical (unpaired) electrons. The van der Waals surface area contributed by atoms with E-state index in [1.165, 1.54) is 12.1 Å². The molecule has 2 aromatic carbocycles. The molecule has 0 aliphatic heterocycles. The number of aliphatic hydroxyl groups excluding tert-OH is 1. The molecule has 4 nitrogen and oxygen atoms in total. The van der Waals surface area contributed by atoms with Crippen molar-refractivity contribution in [2.75, 3.05) is 0 Å². The molecule has 0 saturated heterocycles. The van der Waals surface area contributed by atoms with Gasteiger partial charge < -0.3 is 15.7 Å². The van der Waals surface area contributed by atoms with E-state index in [-0.39, 0.29) is 5.56 Å². The van der Waals surface area contributed by atoms with Gasteiger partial charge in [-0.15, -0.1) is 0 Å². The van der Waals surface area contributed by atoms with Crippen LogP contribution in [0.3, 0.4) is 0 Å². The normalized spacial score (nSPS) is 20.3. The molecule has 0 fully saturated rings. The first kappa shape index (κ1) is 16.4. The van der Waals surface area contributed by atoms with Gasteiger partial charge in [-0.25, -0.2) is 13.6 Å². The van der Waals surface area contributed by atoms with Crippen LogP contribution in [0.15, 0.2) is 42.5 Å². The second-order valence-corrected chi connectivity index (χ2v) is 5.93. The Morgan fingerprint density at radius 3 is 2.75 bits per heavy atom. The van der Waals surface area contributed by atoms with Gasteiger partial charge in [-0.2, -0.15) is 0 Å². The van der Waals surface area contributed by atoms with Gasteiger partial charge in [-0.05, 0) is 24.1 Å². The first-order valence-electron chi connectivity index (χ1n) is 7.74. The number of nitrogens with one attached hydrogen (secondary N) is 2. The Hall–Kier alpha value is -2.47. The van der Waals surface area contributed by atoms with Crippen molar-refractivity contribution in [3.63, 3.8) is 0 Å². The molecule has 1 unspecified atom stereocenters. The molecule has 3 atom stereocenters. The molecule has 3 rings (SSSR count). The molecular weight excluding hydrogens is 314 g/mol. The third-order valence-electron chi connectivity index (χ3n) is 4.29. The standard InChI is InChI=1S/C18H18F2N2O2/c1-10(12-7-4-8-14(19)16(12)20)21-18(24)22-17-13-6-3-2-5-11(13)9-15(17)23/h2-8,10,15,17,23H,9H2,1H3,(H2,21,22,24)/t10?,15-,17+/m1/s1. The highest BCUT2D eigenvalue weighted by Crippen LogP contribution is 2.31. The summed E-state index contributed by atoms with van der Waals surface area (Å²) in [6.45, 7) is 1.57. The summed E-state index contributed by atoms with van der Waals surface area (Å²) in [6, 6.07) is 9.53. The number of hydrogen-bond donors (Lipinski definition) is 3. The SMILES string of the molecule is CC(NC(=O)N[C@H]1c2ccccc2C[C@H]1O)c1cccc(F)c1F. The lowest BCUT2D eigenvalue weighted by atomic mass is 10.1. The summed E-state index contributed by atoms with van der Waals surface area (Å²) < 4.78 is 27.1. The smallest absolute Gasteiger partial charge is 0.315 e. The Morgan fingerprint density at radius 2 is 1.96 bits per heavy atom. The van der Waals surface area contributed by atoms with Crippen LogP contribution in [0.25, 0.3) is 0 Å². The van der Waals surface area contributed by atoms with E-state index in [9.17, 15) is 18.7 Å². The van der Waals surface area contributed by atoms with Gasteiger partial charge in [0.05, 0.1) is 18.2 Å². The van der Waals surface area contributed by atoms with Crippen molar-refractivity contribution in [3.8, 4) is 0 Å². The molecule has 2 amide bonds. The lowest BCUT2D eigenvalue weighted by molar-refractivity contribution is 0.142. The minimum atomic E-state index is -0.975. The summed E-state index contributed by atoms with van der Waals surface area (Å²) >= 11 is 0. The van der Waals surface area contributed by atoms with Crippen molar-refractivity contribution >= 4 is 6.03 Å². The predicted molar refractivity (Wildman–Crippen MR) is 85.3 cm³/mol. The molecule has 6 heteroatoms. The number of carbonyl (C=O) groups excluding carboxylic acids is 1. The largest absolute Gasteiger partial charge is 0.390 e. The van der Waals surface area contributed by atoms with Crippen LogP contribution < -0.4 is 10.6 Å². The van der Waals surface area contributed by atoms with E-state index in [1.54, 1.807) is 6.92 Å². The summed E-state index contributed by atoms with van der Waals surface area (Å²) in [6.07, 6.45) is -0.246. The summed E-state index contributed by atoms with van der Waals surface area (Å²) in [5, 5.41) is 15.4. The van der Waals surface area contributed by atoms with Gasteiger partial charge in [0, 0.05) is 12.0 Å². The molecule has 24 heavy (non-hydrogen) atoms. The highest BCUT2D eigenvalue weighted by atomic mass is 19.2. The minimum absolute atomic E-state index is 0.0671. The summed E-state index contributed by atoms with van der Waals surface area (Å²) in [7, 11) is 0. The van der Waals surface area contributed by atoms with Crippen LogP contribution in [-0.4, -0.2) is 17.2 Å². The van der Waals surface area contributed by atoms with Crippen LogP contribution in [-0.2, 0) is 6.42 Å². The number of carbonyl (C=O) groups is 1. The Morgan fingerprint density at radius 1 is 1.21 bits per heavy atom. The van der Waals surface area contributed by atoms with Crippen LogP contribution in [0.4, 0.5) is 13.6 Å². The van der Waals surface area contributed by atoms with Crippen molar-refractivity contribution in [3.05, 3.63) is 70.8 Å². The molecule has 1 aliphatic carbocycles. The highest BCUT2D eigenvalue weighted by molar-refractivity contribution is 5.75. The maximum atomic E-state index is 13.8. The van der Waals surface area contributed by atoms with Gasteiger partial charge in [0.15, 0.2) is 11.6 Å². The van der Waals surface area contributed by atoms with Crippen LogP contribution >= 0.6 is 0 Å². The second-order valence-electron chi connectivity index (χ2n) is 5.93. The summed E-state index contributed by atoms with van der Waals surface area (Å²) in [4.78, 5) is 12.2. The number of fused-ring (bicyclic) bond motifs is 1. The average Bonchev–Trinajstić information content (AvgIpc) is 2.86. The maximum Gasteiger partial charge on any atom is 0.315 e. The summed E-state index contributed by atoms with van der Waals surface area (Å²) in [5.41, 5.74) is 1.92. The molecule has 0 saturated carbocycles. The third kappa shape index (κ3) is 3.10. The van der Waals surface area contributed by atoms with Gasteiger partial charge in [0.25, 0.3) is 0 Å². The number of amides is 2. The number of rotatable bonds is 3. The Bertz CT molecular complexity index is 766. The monoisotopic (exact) mass is 332 g/mol. The van der Waals surface area contributed by atoms with Crippen molar-refractivity contribution in [2.45, 2.75) is 31.5 Å².